The number of halogens is 4. The Morgan fingerprint density at radius 2 is 1.70 bits per heavy atom. The fourth-order valence-electron chi connectivity index (χ4n) is 3.86. The van der Waals surface area contributed by atoms with Crippen LogP contribution in [0.2, 0.25) is 0 Å². The molecular weight excluding hydrogens is 453 g/mol. The first-order valence-electron chi connectivity index (χ1n) is 9.30. The molecule has 0 radical (unpaired) electrons. The zero-order valence-corrected chi connectivity index (χ0v) is 17.1. The molecule has 2 nitrogen and oxygen atoms in total. The van der Waals surface area contributed by atoms with E-state index in [0.29, 0.717) is 5.56 Å². The third kappa shape index (κ3) is 3.17. The summed E-state index contributed by atoms with van der Waals surface area (Å²) in [5.74, 6) is 0. The van der Waals surface area contributed by atoms with Gasteiger partial charge in [0.15, 0.2) is 6.21 Å². The maximum absolute atomic E-state index is 13.1. The minimum absolute atomic E-state index is 0.661. The van der Waals surface area contributed by atoms with Crippen molar-refractivity contribution in [1.82, 2.24) is 4.98 Å². The second-order valence-corrected chi connectivity index (χ2v) is 8.01. The van der Waals surface area contributed by atoms with Crippen molar-refractivity contribution in [3.63, 3.8) is 0 Å². The monoisotopic (exact) mass is 467 g/mol. The number of fused-ring (bicyclic) bond motifs is 2. The molecular formula is C24H15BrF3N2+. The second-order valence-electron chi connectivity index (χ2n) is 7.09. The van der Waals surface area contributed by atoms with E-state index in [0.717, 1.165) is 55.5 Å². The normalized spacial score (nSPS) is 14.9. The molecule has 3 aromatic carbocycles. The summed E-state index contributed by atoms with van der Waals surface area (Å²) < 4.78 is 40.3. The van der Waals surface area contributed by atoms with Crippen LogP contribution >= 0.6 is 15.9 Å². The second kappa shape index (κ2) is 6.99. The minimum atomic E-state index is -4.37. The number of rotatable bonds is 2. The summed E-state index contributed by atoms with van der Waals surface area (Å²) in [7, 11) is 0. The Kier molecular flexibility index (Phi) is 4.40. The number of allylic oxidation sites excluding steroid dienone is 1. The summed E-state index contributed by atoms with van der Waals surface area (Å²) in [5.41, 5.74) is 5.70. The molecule has 6 heteroatoms. The lowest BCUT2D eigenvalue weighted by Crippen LogP contribution is -2.58. The van der Waals surface area contributed by atoms with Crippen molar-refractivity contribution in [2.45, 2.75) is 6.18 Å². The first kappa shape index (κ1) is 18.9. The van der Waals surface area contributed by atoms with E-state index >= 15 is 0 Å². The molecule has 0 aliphatic carbocycles. The number of aromatic nitrogens is 1. The van der Waals surface area contributed by atoms with Crippen LogP contribution in [0.15, 0.2) is 77.4 Å². The van der Waals surface area contributed by atoms with Crippen molar-refractivity contribution in [3.8, 4) is 0 Å². The molecule has 1 aliphatic heterocycles. The number of benzene rings is 3. The van der Waals surface area contributed by atoms with Gasteiger partial charge in [0.2, 0.25) is 5.69 Å². The Labute approximate surface area is 178 Å². The molecule has 5 rings (SSSR count). The summed E-state index contributed by atoms with van der Waals surface area (Å²) in [5, 5.41) is 1.01. The summed E-state index contributed by atoms with van der Waals surface area (Å²) in [6, 6.07) is 19.2. The Balaban J connectivity index is 1.79. The van der Waals surface area contributed by atoms with Crippen LogP contribution < -0.4 is 4.99 Å². The van der Waals surface area contributed by atoms with Crippen molar-refractivity contribution >= 4 is 49.9 Å². The molecule has 0 saturated heterocycles. The number of nitrogens with one attached hydrogen (secondary N) is 2. The van der Waals surface area contributed by atoms with Crippen molar-refractivity contribution in [2.75, 3.05) is 0 Å². The third-order valence-electron chi connectivity index (χ3n) is 5.27. The fraction of sp³-hybridized carbons (Fsp3) is 0.0417. The lowest BCUT2D eigenvalue weighted by molar-refractivity contribution is -0.342. The van der Waals surface area contributed by atoms with Gasteiger partial charge in [0.05, 0.1) is 16.7 Å². The number of alkyl halides is 3. The maximum atomic E-state index is 13.1. The average Bonchev–Trinajstić information content (AvgIpc) is 3.33. The highest BCUT2D eigenvalue weighted by atomic mass is 79.9. The predicted molar refractivity (Wildman–Crippen MR) is 116 cm³/mol. The molecule has 4 aromatic rings. The number of H-pyrrole nitrogens is 1. The quantitative estimate of drug-likeness (QED) is 0.378. The van der Waals surface area contributed by atoms with Crippen LogP contribution in [0.3, 0.4) is 0 Å². The highest BCUT2D eigenvalue weighted by Gasteiger charge is 2.31. The van der Waals surface area contributed by atoms with Crippen molar-refractivity contribution in [1.29, 1.82) is 0 Å². The standard InChI is InChI=1S/C24H14BrF3N2/c25-16-9-10-22-18(11-16)20(13-30-22)23(14-5-7-15(8-6-14)24(26,27)28)19-12-29-21-4-2-1-3-17(19)21/h1-13,29H/p+1/b23-20+. The maximum Gasteiger partial charge on any atom is 0.416 e. The molecule has 0 amide bonds. The van der Waals surface area contributed by atoms with Crippen LogP contribution in [0.1, 0.15) is 22.3 Å². The van der Waals surface area contributed by atoms with Crippen molar-refractivity contribution < 1.29 is 18.2 Å². The van der Waals surface area contributed by atoms with E-state index in [1.54, 1.807) is 0 Å². The van der Waals surface area contributed by atoms with Gasteiger partial charge in [-0.15, -0.1) is 0 Å². The average molecular weight is 468 g/mol. The van der Waals surface area contributed by atoms with E-state index in [1.807, 2.05) is 54.9 Å². The van der Waals surface area contributed by atoms with Gasteiger partial charge in [-0.3, -0.25) is 0 Å². The van der Waals surface area contributed by atoms with Crippen molar-refractivity contribution in [2.24, 2.45) is 0 Å². The van der Waals surface area contributed by atoms with Crippen LogP contribution in [-0.4, -0.2) is 11.2 Å². The van der Waals surface area contributed by atoms with E-state index < -0.39 is 11.7 Å². The van der Waals surface area contributed by atoms with E-state index in [1.165, 1.54) is 12.1 Å². The highest BCUT2D eigenvalue weighted by molar-refractivity contribution is 9.10. The van der Waals surface area contributed by atoms with Gasteiger partial charge >= 0.3 is 6.18 Å². The van der Waals surface area contributed by atoms with Crippen LogP contribution in [0.4, 0.5) is 18.9 Å². The van der Waals surface area contributed by atoms with Crippen LogP contribution in [0, 0.1) is 0 Å². The smallest absolute Gasteiger partial charge is 0.361 e. The van der Waals surface area contributed by atoms with Gasteiger partial charge in [-0.05, 0) is 35.9 Å². The number of aromatic amines is 1. The summed E-state index contributed by atoms with van der Waals surface area (Å²) >= 11 is 3.52. The zero-order chi connectivity index (χ0) is 20.9. The van der Waals surface area contributed by atoms with Crippen molar-refractivity contribution in [3.05, 3.63) is 99.7 Å². The highest BCUT2D eigenvalue weighted by Crippen LogP contribution is 2.39. The van der Waals surface area contributed by atoms with Crippen LogP contribution in [0.5, 0.6) is 0 Å². The lowest BCUT2D eigenvalue weighted by Gasteiger charge is -2.12. The zero-order valence-electron chi connectivity index (χ0n) is 15.5. The first-order valence-corrected chi connectivity index (χ1v) is 10.1. The van der Waals surface area contributed by atoms with Gasteiger partial charge in [-0.1, -0.05) is 46.3 Å². The van der Waals surface area contributed by atoms with Gasteiger partial charge < -0.3 is 4.98 Å². The molecule has 0 unspecified atom stereocenters. The largest absolute Gasteiger partial charge is 0.416 e. The molecule has 30 heavy (non-hydrogen) atoms. The Morgan fingerprint density at radius 1 is 0.933 bits per heavy atom. The Hall–Kier alpha value is -3.12. The van der Waals surface area contributed by atoms with Gasteiger partial charge in [0.1, 0.15) is 0 Å². The number of hydrogen-bond donors (Lipinski definition) is 2. The molecule has 148 valence electrons. The SMILES string of the molecule is FC(F)(F)c1ccc(/C(=C2/C=[NH+]c3ccc(Br)cc32)c2c[nH]c3ccccc23)cc1. The summed E-state index contributed by atoms with van der Waals surface area (Å²) in [6.07, 6.45) is -0.550. The molecule has 1 aromatic heterocycles. The van der Waals surface area contributed by atoms with Gasteiger partial charge in [-0.2, -0.15) is 13.2 Å². The Bertz CT molecular complexity index is 1330. The van der Waals surface area contributed by atoms with Gasteiger partial charge in [0, 0.05) is 38.8 Å². The van der Waals surface area contributed by atoms with Gasteiger partial charge in [0.25, 0.3) is 0 Å². The molecule has 2 heterocycles. The summed E-state index contributed by atoms with van der Waals surface area (Å²) in [6.45, 7) is 0. The minimum Gasteiger partial charge on any atom is -0.361 e. The van der Waals surface area contributed by atoms with E-state index in [9.17, 15) is 13.2 Å². The van der Waals surface area contributed by atoms with E-state index in [2.05, 4.69) is 25.9 Å². The lowest BCUT2D eigenvalue weighted by atomic mass is 9.89. The Morgan fingerprint density at radius 3 is 2.47 bits per heavy atom. The fourth-order valence-corrected chi connectivity index (χ4v) is 4.22. The van der Waals surface area contributed by atoms with Crippen LogP contribution in [0.25, 0.3) is 22.0 Å². The molecule has 0 bridgehead atoms. The topological polar surface area (TPSA) is 29.8 Å². The van der Waals surface area contributed by atoms with Crippen LogP contribution in [-0.2, 0) is 6.18 Å². The summed E-state index contributed by atoms with van der Waals surface area (Å²) in [4.78, 5) is 6.55. The molecule has 0 spiro atoms. The molecule has 1 aliphatic rings. The first-order chi connectivity index (χ1) is 14.4. The molecule has 2 N–H and O–H groups in total. The third-order valence-corrected chi connectivity index (χ3v) is 5.77. The van der Waals surface area contributed by atoms with E-state index in [-0.39, 0.29) is 0 Å². The molecule has 0 atom stereocenters. The van der Waals surface area contributed by atoms with E-state index in [4.69, 9.17) is 0 Å². The molecule has 0 saturated carbocycles. The van der Waals surface area contributed by atoms with Gasteiger partial charge in [-0.25, -0.2) is 4.99 Å². The number of para-hydroxylation sites is 1. The number of hydrogen-bond acceptors (Lipinski definition) is 0. The molecule has 0 fully saturated rings. The predicted octanol–water partition coefficient (Wildman–Crippen LogP) is 5.70.